The molecule has 8 heteroatoms. The number of anilines is 1. The van der Waals surface area contributed by atoms with Crippen molar-refractivity contribution in [2.45, 2.75) is 30.3 Å². The van der Waals surface area contributed by atoms with Crippen LogP contribution in [0.25, 0.3) is 10.9 Å². The third-order valence-electron chi connectivity index (χ3n) is 5.18. The first-order valence-electron chi connectivity index (χ1n) is 9.74. The number of hydrogen-bond donors (Lipinski definition) is 0. The van der Waals surface area contributed by atoms with Crippen LogP contribution < -0.4 is 10.5 Å². The Bertz CT molecular complexity index is 1160. The molecule has 6 nitrogen and oxygen atoms in total. The fourth-order valence-electron chi connectivity index (χ4n) is 3.64. The largest absolute Gasteiger partial charge is 0.383 e. The van der Waals surface area contributed by atoms with Crippen molar-refractivity contribution in [2.24, 2.45) is 0 Å². The average Bonchev–Trinajstić information content (AvgIpc) is 3.17. The number of thioether (sulfide) groups is 1. The molecule has 156 valence electrons. The van der Waals surface area contributed by atoms with Crippen LogP contribution in [0.5, 0.6) is 0 Å². The molecule has 3 aromatic rings. The second-order valence-electron chi connectivity index (χ2n) is 7.13. The maximum absolute atomic E-state index is 13.2. The van der Waals surface area contributed by atoms with Gasteiger partial charge in [0.15, 0.2) is 5.16 Å². The van der Waals surface area contributed by atoms with E-state index in [9.17, 15) is 9.59 Å². The van der Waals surface area contributed by atoms with Crippen LogP contribution in [0, 0.1) is 0 Å². The maximum atomic E-state index is 13.2. The van der Waals surface area contributed by atoms with Gasteiger partial charge < -0.3 is 9.64 Å². The van der Waals surface area contributed by atoms with Crippen molar-refractivity contribution in [2.75, 3.05) is 25.2 Å². The summed E-state index contributed by atoms with van der Waals surface area (Å²) in [5.41, 5.74) is 2.50. The van der Waals surface area contributed by atoms with E-state index < -0.39 is 5.25 Å². The van der Waals surface area contributed by atoms with Crippen molar-refractivity contribution in [3.8, 4) is 0 Å². The predicted octanol–water partition coefficient (Wildman–Crippen LogP) is 3.77. The summed E-state index contributed by atoms with van der Waals surface area (Å²) >= 11 is 7.39. The van der Waals surface area contributed by atoms with Gasteiger partial charge in [-0.3, -0.25) is 14.2 Å². The van der Waals surface area contributed by atoms with Gasteiger partial charge in [-0.1, -0.05) is 41.6 Å². The van der Waals surface area contributed by atoms with Crippen LogP contribution in [0.4, 0.5) is 5.69 Å². The van der Waals surface area contributed by atoms with Crippen LogP contribution in [0.3, 0.4) is 0 Å². The molecular formula is C22H22ClN3O3S. The minimum absolute atomic E-state index is 0.00341. The zero-order chi connectivity index (χ0) is 21.3. The Balaban J connectivity index is 1.66. The standard InChI is InChI=1S/C22H22ClN3O3S/c1-14(20(27)25-10-9-15-5-3-4-6-19(15)25)30-22-24-18-13-16(23)7-8-17(18)21(28)26(22)11-12-29-2/h3-8,13-14H,9-12H2,1-2H3/t14-/m0/s1. The number of methoxy groups -OCH3 is 1. The van der Waals surface area contributed by atoms with Gasteiger partial charge in [-0.2, -0.15) is 0 Å². The monoisotopic (exact) mass is 443 g/mol. The van der Waals surface area contributed by atoms with E-state index in [1.807, 2.05) is 30.0 Å². The summed E-state index contributed by atoms with van der Waals surface area (Å²) in [6, 6.07) is 13.0. The van der Waals surface area contributed by atoms with Crippen molar-refractivity contribution < 1.29 is 9.53 Å². The molecule has 4 rings (SSSR count). The zero-order valence-electron chi connectivity index (χ0n) is 16.8. The van der Waals surface area contributed by atoms with E-state index in [2.05, 4.69) is 11.1 Å². The molecule has 30 heavy (non-hydrogen) atoms. The summed E-state index contributed by atoms with van der Waals surface area (Å²) in [6.07, 6.45) is 0.852. The van der Waals surface area contributed by atoms with Crippen LogP contribution in [-0.4, -0.2) is 41.0 Å². The minimum Gasteiger partial charge on any atom is -0.383 e. The fraction of sp³-hybridized carbons (Fsp3) is 0.318. The zero-order valence-corrected chi connectivity index (χ0v) is 18.4. The molecule has 1 aromatic heterocycles. The van der Waals surface area contributed by atoms with E-state index >= 15 is 0 Å². The van der Waals surface area contributed by atoms with E-state index in [1.165, 1.54) is 17.3 Å². The van der Waals surface area contributed by atoms with Gasteiger partial charge in [0.1, 0.15) is 0 Å². The lowest BCUT2D eigenvalue weighted by Crippen LogP contribution is -2.36. The molecule has 0 saturated heterocycles. The molecule has 2 heterocycles. The van der Waals surface area contributed by atoms with Crippen LogP contribution in [0.1, 0.15) is 12.5 Å². The van der Waals surface area contributed by atoms with Crippen LogP contribution in [-0.2, 0) is 22.5 Å². The lowest BCUT2D eigenvalue weighted by molar-refractivity contribution is -0.117. The smallest absolute Gasteiger partial charge is 0.262 e. The van der Waals surface area contributed by atoms with Crippen molar-refractivity contribution >= 4 is 45.9 Å². The van der Waals surface area contributed by atoms with Crippen LogP contribution in [0.15, 0.2) is 52.4 Å². The molecule has 1 atom stereocenters. The molecular weight excluding hydrogens is 422 g/mol. The molecule has 1 aliphatic heterocycles. The van der Waals surface area contributed by atoms with Crippen LogP contribution in [0.2, 0.25) is 5.02 Å². The SMILES string of the molecule is COCCn1c(S[C@@H](C)C(=O)N2CCc3ccccc32)nc2cc(Cl)ccc2c1=O. The summed E-state index contributed by atoms with van der Waals surface area (Å²) in [5, 5.41) is 1.08. The Labute approximate surface area is 183 Å². The Morgan fingerprint density at radius 3 is 2.90 bits per heavy atom. The predicted molar refractivity (Wildman–Crippen MR) is 121 cm³/mol. The number of aromatic nitrogens is 2. The fourth-order valence-corrected chi connectivity index (χ4v) is 4.80. The number of ether oxygens (including phenoxy) is 1. The molecule has 0 saturated carbocycles. The Morgan fingerprint density at radius 2 is 2.10 bits per heavy atom. The van der Waals surface area contributed by atoms with Crippen molar-refractivity contribution in [3.05, 3.63) is 63.4 Å². The van der Waals surface area contributed by atoms with Gasteiger partial charge in [0.2, 0.25) is 5.91 Å². The first-order chi connectivity index (χ1) is 14.5. The summed E-state index contributed by atoms with van der Waals surface area (Å²) in [4.78, 5) is 32.7. The molecule has 0 bridgehead atoms. The molecule has 1 aliphatic rings. The first kappa shape index (κ1) is 20.9. The third kappa shape index (κ3) is 3.97. The van der Waals surface area contributed by atoms with Gasteiger partial charge in [0.25, 0.3) is 5.56 Å². The Hall–Kier alpha value is -2.35. The number of para-hydroxylation sites is 1. The summed E-state index contributed by atoms with van der Waals surface area (Å²) in [5.74, 6) is 0.00341. The maximum Gasteiger partial charge on any atom is 0.262 e. The lowest BCUT2D eigenvalue weighted by atomic mass is 10.2. The number of benzene rings is 2. The second-order valence-corrected chi connectivity index (χ2v) is 8.88. The van der Waals surface area contributed by atoms with E-state index in [0.717, 1.165) is 12.1 Å². The van der Waals surface area contributed by atoms with Gasteiger partial charge in [0.05, 0.1) is 29.3 Å². The molecule has 0 unspecified atom stereocenters. The van der Waals surface area contributed by atoms with Gasteiger partial charge in [-0.05, 0) is 43.2 Å². The highest BCUT2D eigenvalue weighted by atomic mass is 35.5. The molecule has 0 spiro atoms. The van der Waals surface area contributed by atoms with E-state index in [4.69, 9.17) is 16.3 Å². The van der Waals surface area contributed by atoms with Gasteiger partial charge in [0, 0.05) is 24.4 Å². The number of amides is 1. The highest BCUT2D eigenvalue weighted by Crippen LogP contribution is 2.31. The van der Waals surface area contributed by atoms with Gasteiger partial charge in [-0.25, -0.2) is 4.98 Å². The van der Waals surface area contributed by atoms with Crippen LogP contribution >= 0.6 is 23.4 Å². The topological polar surface area (TPSA) is 64.4 Å². The molecule has 0 fully saturated rings. The molecule has 2 aromatic carbocycles. The van der Waals surface area contributed by atoms with E-state index in [1.54, 1.807) is 29.9 Å². The Kier molecular flexibility index (Phi) is 6.13. The first-order valence-corrected chi connectivity index (χ1v) is 11.0. The summed E-state index contributed by atoms with van der Waals surface area (Å²) < 4.78 is 6.74. The highest BCUT2D eigenvalue weighted by Gasteiger charge is 2.29. The molecule has 0 N–H and O–H groups in total. The molecule has 0 radical (unpaired) electrons. The quantitative estimate of drug-likeness (QED) is 0.428. The number of rotatable bonds is 6. The number of hydrogen-bond acceptors (Lipinski definition) is 5. The average molecular weight is 444 g/mol. The Morgan fingerprint density at radius 1 is 1.30 bits per heavy atom. The van der Waals surface area contributed by atoms with Gasteiger partial charge >= 0.3 is 0 Å². The lowest BCUT2D eigenvalue weighted by Gasteiger charge is -2.22. The number of halogens is 1. The number of fused-ring (bicyclic) bond motifs is 2. The van der Waals surface area contributed by atoms with Gasteiger partial charge in [-0.15, -0.1) is 0 Å². The van der Waals surface area contributed by atoms with Crippen molar-refractivity contribution in [3.63, 3.8) is 0 Å². The number of nitrogens with zero attached hydrogens (tertiary/aromatic N) is 3. The molecule has 0 aliphatic carbocycles. The van der Waals surface area contributed by atoms with E-state index in [-0.39, 0.29) is 11.5 Å². The second kappa shape index (κ2) is 8.79. The highest BCUT2D eigenvalue weighted by molar-refractivity contribution is 8.00. The number of carbonyl (C=O) groups excluding carboxylic acids is 1. The van der Waals surface area contributed by atoms with Crippen molar-refractivity contribution in [1.82, 2.24) is 9.55 Å². The summed E-state index contributed by atoms with van der Waals surface area (Å²) in [6.45, 7) is 3.25. The summed E-state index contributed by atoms with van der Waals surface area (Å²) in [7, 11) is 1.59. The van der Waals surface area contributed by atoms with Crippen molar-refractivity contribution in [1.29, 1.82) is 0 Å². The third-order valence-corrected chi connectivity index (χ3v) is 6.50. The molecule has 1 amide bonds. The normalized spacial score (nSPS) is 14.2. The van der Waals surface area contributed by atoms with E-state index in [0.29, 0.717) is 40.8 Å². The number of carbonyl (C=O) groups is 1. The minimum atomic E-state index is -0.409.